The summed E-state index contributed by atoms with van der Waals surface area (Å²) in [6.45, 7) is 4.13. The van der Waals surface area contributed by atoms with Gasteiger partial charge in [0.25, 0.3) is 5.91 Å². The van der Waals surface area contributed by atoms with Gasteiger partial charge in [0, 0.05) is 18.7 Å². The summed E-state index contributed by atoms with van der Waals surface area (Å²) in [6, 6.07) is 7.01. The number of aryl methyl sites for hydroxylation is 1. The molecule has 138 valence electrons. The van der Waals surface area contributed by atoms with Gasteiger partial charge in [-0.15, -0.1) is 11.3 Å². The molecule has 0 aliphatic rings. The minimum atomic E-state index is -0.432. The van der Waals surface area contributed by atoms with Crippen molar-refractivity contribution < 1.29 is 19.1 Å². The van der Waals surface area contributed by atoms with Crippen molar-refractivity contribution in [3.63, 3.8) is 0 Å². The fraction of sp³-hybridized carbons (Fsp3) is 0.316. The maximum absolute atomic E-state index is 12.1. The van der Waals surface area contributed by atoms with Crippen LogP contribution in [0.3, 0.4) is 0 Å². The molecule has 0 saturated carbocycles. The number of rotatable bonds is 7. The Hall–Kier alpha value is -2.67. The van der Waals surface area contributed by atoms with E-state index >= 15 is 0 Å². The zero-order valence-corrected chi connectivity index (χ0v) is 15.9. The van der Waals surface area contributed by atoms with Crippen LogP contribution in [0.15, 0.2) is 29.6 Å². The van der Waals surface area contributed by atoms with E-state index in [2.05, 4.69) is 10.6 Å². The second-order valence-electron chi connectivity index (χ2n) is 5.84. The SMILES string of the molecule is COC(=O)c1cc(NC(=O)CCCNC(=O)c2cccs2)cc(C)c1C. The highest BCUT2D eigenvalue weighted by molar-refractivity contribution is 7.12. The van der Waals surface area contributed by atoms with Gasteiger partial charge in [0.05, 0.1) is 17.6 Å². The summed E-state index contributed by atoms with van der Waals surface area (Å²) in [7, 11) is 1.33. The standard InChI is InChI=1S/C19H22N2O4S/c1-12-10-14(11-15(13(12)2)19(24)25-3)21-17(22)7-4-8-20-18(23)16-6-5-9-26-16/h5-6,9-11H,4,7-8H2,1-3H3,(H,20,23)(H,21,22). The summed E-state index contributed by atoms with van der Waals surface area (Å²) < 4.78 is 4.77. The fourth-order valence-corrected chi connectivity index (χ4v) is 3.06. The summed E-state index contributed by atoms with van der Waals surface area (Å²) in [5.41, 5.74) is 2.71. The monoisotopic (exact) mass is 374 g/mol. The highest BCUT2D eigenvalue weighted by Gasteiger charge is 2.14. The largest absolute Gasteiger partial charge is 0.465 e. The number of hydrogen-bond acceptors (Lipinski definition) is 5. The number of methoxy groups -OCH3 is 1. The number of anilines is 1. The highest BCUT2D eigenvalue weighted by atomic mass is 32.1. The number of hydrogen-bond donors (Lipinski definition) is 2. The highest BCUT2D eigenvalue weighted by Crippen LogP contribution is 2.21. The van der Waals surface area contributed by atoms with Crippen LogP contribution in [0.2, 0.25) is 0 Å². The molecule has 0 aliphatic carbocycles. The summed E-state index contributed by atoms with van der Waals surface area (Å²) in [4.78, 5) is 36.4. The first-order chi connectivity index (χ1) is 12.4. The Labute approximate surface area is 156 Å². The van der Waals surface area contributed by atoms with Crippen LogP contribution >= 0.6 is 11.3 Å². The van der Waals surface area contributed by atoms with Gasteiger partial charge in [-0.3, -0.25) is 9.59 Å². The Morgan fingerprint density at radius 1 is 1.19 bits per heavy atom. The second kappa shape index (κ2) is 9.15. The van der Waals surface area contributed by atoms with Crippen LogP contribution in [0.5, 0.6) is 0 Å². The fourth-order valence-electron chi connectivity index (χ4n) is 2.42. The Morgan fingerprint density at radius 2 is 1.96 bits per heavy atom. The number of ether oxygens (including phenoxy) is 1. The molecular weight excluding hydrogens is 352 g/mol. The molecule has 0 unspecified atom stereocenters. The first kappa shape index (κ1) is 19.7. The number of carbonyl (C=O) groups is 3. The van der Waals surface area contributed by atoms with Crippen LogP contribution in [0.25, 0.3) is 0 Å². The molecule has 0 fully saturated rings. The molecule has 2 amide bonds. The van der Waals surface area contributed by atoms with Crippen molar-refractivity contribution >= 4 is 34.8 Å². The van der Waals surface area contributed by atoms with Crippen LogP contribution < -0.4 is 10.6 Å². The molecule has 2 aromatic rings. The maximum atomic E-state index is 12.1. The Morgan fingerprint density at radius 3 is 2.62 bits per heavy atom. The molecule has 1 heterocycles. The molecule has 1 aromatic heterocycles. The molecule has 0 aliphatic heterocycles. The van der Waals surface area contributed by atoms with Crippen molar-refractivity contribution in [3.05, 3.63) is 51.2 Å². The minimum Gasteiger partial charge on any atom is -0.465 e. The van der Waals surface area contributed by atoms with Crippen LogP contribution in [0.1, 0.15) is 44.0 Å². The Bertz CT molecular complexity index is 800. The Kier molecular flexibility index (Phi) is 6.91. The molecule has 7 heteroatoms. The first-order valence-corrected chi connectivity index (χ1v) is 9.11. The smallest absolute Gasteiger partial charge is 0.338 e. The van der Waals surface area contributed by atoms with Gasteiger partial charge in [0.15, 0.2) is 0 Å². The van der Waals surface area contributed by atoms with E-state index in [0.717, 1.165) is 11.1 Å². The zero-order chi connectivity index (χ0) is 19.1. The van der Waals surface area contributed by atoms with Gasteiger partial charge in [-0.1, -0.05) is 6.07 Å². The van der Waals surface area contributed by atoms with Gasteiger partial charge < -0.3 is 15.4 Å². The average molecular weight is 374 g/mol. The maximum Gasteiger partial charge on any atom is 0.338 e. The molecular formula is C19H22N2O4S. The summed E-state index contributed by atoms with van der Waals surface area (Å²) in [6.07, 6.45) is 0.794. The first-order valence-electron chi connectivity index (χ1n) is 8.23. The van der Waals surface area contributed by atoms with E-state index < -0.39 is 5.97 Å². The number of amides is 2. The third kappa shape index (κ3) is 5.16. The normalized spacial score (nSPS) is 10.3. The number of carbonyl (C=O) groups excluding carboxylic acids is 3. The molecule has 0 spiro atoms. The molecule has 2 N–H and O–H groups in total. The van der Waals surface area contributed by atoms with Gasteiger partial charge in [0.2, 0.25) is 5.91 Å². The zero-order valence-electron chi connectivity index (χ0n) is 15.0. The molecule has 0 saturated heterocycles. The van der Waals surface area contributed by atoms with Crippen molar-refractivity contribution in [2.75, 3.05) is 19.0 Å². The van der Waals surface area contributed by atoms with Crippen molar-refractivity contribution in [1.82, 2.24) is 5.32 Å². The molecule has 0 bridgehead atoms. The van der Waals surface area contributed by atoms with Crippen LogP contribution in [0, 0.1) is 13.8 Å². The van der Waals surface area contributed by atoms with Gasteiger partial charge in [-0.25, -0.2) is 4.79 Å². The average Bonchev–Trinajstić information content (AvgIpc) is 3.15. The van der Waals surface area contributed by atoms with Gasteiger partial charge in [-0.05, 0) is 55.0 Å². The van der Waals surface area contributed by atoms with E-state index in [1.54, 1.807) is 12.1 Å². The van der Waals surface area contributed by atoms with Crippen molar-refractivity contribution in [2.45, 2.75) is 26.7 Å². The molecule has 0 atom stereocenters. The topological polar surface area (TPSA) is 84.5 Å². The molecule has 6 nitrogen and oxygen atoms in total. The van der Waals surface area contributed by atoms with E-state index in [4.69, 9.17) is 4.74 Å². The number of benzene rings is 1. The predicted molar refractivity (Wildman–Crippen MR) is 102 cm³/mol. The van der Waals surface area contributed by atoms with Gasteiger partial charge >= 0.3 is 5.97 Å². The lowest BCUT2D eigenvalue weighted by Gasteiger charge is -2.12. The lowest BCUT2D eigenvalue weighted by atomic mass is 10.0. The van der Waals surface area contributed by atoms with Crippen LogP contribution in [-0.2, 0) is 9.53 Å². The third-order valence-corrected chi connectivity index (χ3v) is 4.84. The third-order valence-electron chi connectivity index (χ3n) is 3.97. The second-order valence-corrected chi connectivity index (χ2v) is 6.79. The summed E-state index contributed by atoms with van der Waals surface area (Å²) in [5.74, 6) is -0.732. The van der Waals surface area contributed by atoms with Gasteiger partial charge in [0.1, 0.15) is 0 Å². The number of esters is 1. The van der Waals surface area contributed by atoms with Crippen molar-refractivity contribution in [2.24, 2.45) is 0 Å². The molecule has 26 heavy (non-hydrogen) atoms. The Balaban J connectivity index is 1.85. The lowest BCUT2D eigenvalue weighted by Crippen LogP contribution is -2.24. The van der Waals surface area contributed by atoms with E-state index in [1.807, 2.05) is 31.4 Å². The van der Waals surface area contributed by atoms with E-state index in [1.165, 1.54) is 18.4 Å². The van der Waals surface area contributed by atoms with Crippen molar-refractivity contribution in [1.29, 1.82) is 0 Å². The van der Waals surface area contributed by atoms with Gasteiger partial charge in [-0.2, -0.15) is 0 Å². The predicted octanol–water partition coefficient (Wildman–Crippen LogP) is 3.30. The quantitative estimate of drug-likeness (QED) is 0.575. The number of thiophene rings is 1. The molecule has 0 radical (unpaired) electrons. The van der Waals surface area contributed by atoms with Crippen LogP contribution in [-0.4, -0.2) is 31.4 Å². The number of nitrogens with one attached hydrogen (secondary N) is 2. The van der Waals surface area contributed by atoms with E-state index in [0.29, 0.717) is 29.1 Å². The van der Waals surface area contributed by atoms with Crippen molar-refractivity contribution in [3.8, 4) is 0 Å². The van der Waals surface area contributed by atoms with Crippen LogP contribution in [0.4, 0.5) is 5.69 Å². The lowest BCUT2D eigenvalue weighted by molar-refractivity contribution is -0.116. The molecule has 1 aromatic carbocycles. The minimum absolute atomic E-state index is 0.128. The van der Waals surface area contributed by atoms with E-state index in [9.17, 15) is 14.4 Å². The van der Waals surface area contributed by atoms with E-state index in [-0.39, 0.29) is 18.2 Å². The summed E-state index contributed by atoms with van der Waals surface area (Å²) >= 11 is 1.38. The molecule has 2 rings (SSSR count). The summed E-state index contributed by atoms with van der Waals surface area (Å²) in [5, 5.41) is 7.41.